The van der Waals surface area contributed by atoms with Crippen LogP contribution < -0.4 is 11.1 Å². The predicted octanol–water partition coefficient (Wildman–Crippen LogP) is 1.92. The Hall–Kier alpha value is -2.30. The van der Waals surface area contributed by atoms with Crippen LogP contribution in [-0.4, -0.2) is 15.7 Å². The Balaban J connectivity index is 2.21. The molecule has 1 aromatic heterocycles. The monoisotopic (exact) mass is 258 g/mol. The van der Waals surface area contributed by atoms with E-state index in [1.165, 1.54) is 0 Å². The second-order valence-corrected chi connectivity index (χ2v) is 5.04. The van der Waals surface area contributed by atoms with E-state index < -0.39 is 5.41 Å². The molecule has 0 unspecified atom stereocenters. The average Bonchev–Trinajstić information content (AvgIpc) is 2.75. The van der Waals surface area contributed by atoms with Crippen LogP contribution in [0.5, 0.6) is 0 Å². The molecule has 0 radical (unpaired) electrons. The lowest BCUT2D eigenvalue weighted by molar-refractivity contribution is -0.120. The lowest BCUT2D eigenvalue weighted by atomic mass is 9.83. The van der Waals surface area contributed by atoms with Gasteiger partial charge in [-0.2, -0.15) is 5.10 Å². The van der Waals surface area contributed by atoms with Crippen molar-refractivity contribution < 1.29 is 4.79 Å². The van der Waals surface area contributed by atoms with E-state index in [2.05, 4.69) is 10.4 Å². The van der Waals surface area contributed by atoms with E-state index in [4.69, 9.17) is 5.73 Å². The maximum Gasteiger partial charge on any atom is 0.235 e. The molecule has 0 aliphatic rings. The summed E-state index contributed by atoms with van der Waals surface area (Å²) in [6.45, 7) is 3.76. The molecule has 0 atom stereocenters. The zero-order chi connectivity index (χ0) is 14.0. The van der Waals surface area contributed by atoms with Gasteiger partial charge in [0.2, 0.25) is 5.91 Å². The normalized spacial score (nSPS) is 11.3. The van der Waals surface area contributed by atoms with Crippen molar-refractivity contribution >= 4 is 17.4 Å². The minimum atomic E-state index is -0.641. The van der Waals surface area contributed by atoms with Crippen LogP contribution in [0.1, 0.15) is 19.4 Å². The van der Waals surface area contributed by atoms with Crippen molar-refractivity contribution in [3.8, 4) is 0 Å². The van der Waals surface area contributed by atoms with E-state index in [1.54, 1.807) is 36.1 Å². The van der Waals surface area contributed by atoms with Crippen molar-refractivity contribution in [1.82, 2.24) is 9.78 Å². The van der Waals surface area contributed by atoms with Crippen molar-refractivity contribution in [3.63, 3.8) is 0 Å². The topological polar surface area (TPSA) is 72.9 Å². The summed E-state index contributed by atoms with van der Waals surface area (Å²) < 4.78 is 1.62. The number of hydrogen-bond acceptors (Lipinski definition) is 3. The molecule has 1 aromatic carbocycles. The summed E-state index contributed by atoms with van der Waals surface area (Å²) in [5.41, 5.74) is 6.63. The van der Waals surface area contributed by atoms with Crippen molar-refractivity contribution in [2.24, 2.45) is 7.05 Å². The molecule has 1 heterocycles. The van der Waals surface area contributed by atoms with E-state index >= 15 is 0 Å². The largest absolute Gasteiger partial charge is 0.399 e. The van der Waals surface area contributed by atoms with Gasteiger partial charge in [-0.1, -0.05) is 12.1 Å². The van der Waals surface area contributed by atoms with Gasteiger partial charge in [-0.3, -0.25) is 9.48 Å². The number of amides is 1. The number of benzene rings is 1. The first-order valence-corrected chi connectivity index (χ1v) is 6.07. The number of nitrogens with one attached hydrogen (secondary N) is 1. The number of anilines is 2. The number of rotatable bonds is 3. The molecule has 0 saturated carbocycles. The molecule has 0 saturated heterocycles. The molecule has 0 fully saturated rings. The van der Waals surface area contributed by atoms with E-state index in [0.29, 0.717) is 11.5 Å². The fraction of sp³-hybridized carbons (Fsp3) is 0.286. The Bertz CT molecular complexity index is 584. The lowest BCUT2D eigenvalue weighted by Gasteiger charge is -2.24. The average molecular weight is 258 g/mol. The molecule has 3 N–H and O–H groups in total. The van der Waals surface area contributed by atoms with Crippen LogP contribution in [0.15, 0.2) is 36.5 Å². The Labute approximate surface area is 112 Å². The van der Waals surface area contributed by atoms with E-state index in [-0.39, 0.29) is 5.91 Å². The van der Waals surface area contributed by atoms with Gasteiger partial charge in [0.05, 0.1) is 11.6 Å². The number of hydrogen-bond donors (Lipinski definition) is 2. The second-order valence-electron chi connectivity index (χ2n) is 5.04. The summed E-state index contributed by atoms with van der Waals surface area (Å²) in [6, 6.07) is 9.11. The van der Waals surface area contributed by atoms with Gasteiger partial charge in [-0.05, 0) is 31.5 Å². The Morgan fingerprint density at radius 2 is 1.89 bits per heavy atom. The highest BCUT2D eigenvalue weighted by Gasteiger charge is 2.30. The maximum absolute atomic E-state index is 12.4. The van der Waals surface area contributed by atoms with E-state index in [0.717, 1.165) is 5.56 Å². The number of nitrogens with two attached hydrogens (primary N) is 1. The third-order valence-electron chi connectivity index (χ3n) is 3.26. The third kappa shape index (κ3) is 2.59. The minimum Gasteiger partial charge on any atom is -0.399 e. The van der Waals surface area contributed by atoms with Gasteiger partial charge >= 0.3 is 0 Å². The Morgan fingerprint density at radius 3 is 2.42 bits per heavy atom. The first-order valence-electron chi connectivity index (χ1n) is 6.07. The summed E-state index contributed by atoms with van der Waals surface area (Å²) in [7, 11) is 1.78. The number of aryl methyl sites for hydroxylation is 1. The number of carbonyl (C=O) groups is 1. The summed E-state index contributed by atoms with van der Waals surface area (Å²) in [5, 5.41) is 6.90. The minimum absolute atomic E-state index is 0.0825. The van der Waals surface area contributed by atoms with Crippen LogP contribution in [0.3, 0.4) is 0 Å². The molecular weight excluding hydrogens is 240 g/mol. The van der Waals surface area contributed by atoms with Crippen LogP contribution in [0.25, 0.3) is 0 Å². The first-order chi connectivity index (χ1) is 8.91. The number of nitrogens with zero attached hydrogens (tertiary/aromatic N) is 2. The van der Waals surface area contributed by atoms with Crippen molar-refractivity contribution in [3.05, 3.63) is 42.1 Å². The zero-order valence-corrected chi connectivity index (χ0v) is 11.3. The molecule has 19 heavy (non-hydrogen) atoms. The van der Waals surface area contributed by atoms with Crippen LogP contribution in [-0.2, 0) is 17.3 Å². The quantitative estimate of drug-likeness (QED) is 0.826. The number of aromatic nitrogens is 2. The molecule has 0 spiro atoms. The molecule has 1 amide bonds. The summed E-state index contributed by atoms with van der Waals surface area (Å²) in [5.74, 6) is 0.592. The highest BCUT2D eigenvalue weighted by molar-refractivity contribution is 5.98. The van der Waals surface area contributed by atoms with Gasteiger partial charge in [0.15, 0.2) is 0 Å². The van der Waals surface area contributed by atoms with Gasteiger partial charge < -0.3 is 11.1 Å². The number of carbonyl (C=O) groups excluding carboxylic acids is 1. The fourth-order valence-electron chi connectivity index (χ4n) is 1.80. The molecule has 2 rings (SSSR count). The van der Waals surface area contributed by atoms with Gasteiger partial charge in [0, 0.05) is 18.8 Å². The van der Waals surface area contributed by atoms with Crippen molar-refractivity contribution in [2.45, 2.75) is 19.3 Å². The van der Waals surface area contributed by atoms with Crippen LogP contribution in [0, 0.1) is 0 Å². The molecule has 5 nitrogen and oxygen atoms in total. The summed E-state index contributed by atoms with van der Waals surface area (Å²) in [6.07, 6.45) is 1.64. The molecule has 100 valence electrons. The van der Waals surface area contributed by atoms with E-state index in [9.17, 15) is 4.79 Å². The van der Waals surface area contributed by atoms with Crippen LogP contribution >= 0.6 is 0 Å². The second kappa shape index (κ2) is 4.76. The Kier molecular flexibility index (Phi) is 3.29. The summed E-state index contributed by atoms with van der Waals surface area (Å²) in [4.78, 5) is 12.4. The molecule has 0 aliphatic heterocycles. The number of nitrogen functional groups attached to an aromatic ring is 1. The smallest absolute Gasteiger partial charge is 0.235 e. The summed E-state index contributed by atoms with van der Waals surface area (Å²) >= 11 is 0. The van der Waals surface area contributed by atoms with Gasteiger partial charge in [-0.25, -0.2) is 0 Å². The van der Waals surface area contributed by atoms with Gasteiger partial charge in [-0.15, -0.1) is 0 Å². The molecule has 0 bridgehead atoms. The third-order valence-corrected chi connectivity index (χ3v) is 3.26. The van der Waals surface area contributed by atoms with Crippen molar-refractivity contribution in [1.29, 1.82) is 0 Å². The van der Waals surface area contributed by atoms with Crippen LogP contribution in [0.4, 0.5) is 11.5 Å². The highest BCUT2D eigenvalue weighted by Crippen LogP contribution is 2.25. The molecular formula is C14H18N4O. The standard InChI is InChI=1S/C14H18N4O/c1-14(2,10-4-6-11(15)7-5-10)13(19)17-12-8-9-16-18(12)3/h4-9H,15H2,1-3H3,(H,17,19). The van der Waals surface area contributed by atoms with Gasteiger partial charge in [0.25, 0.3) is 0 Å². The fourth-order valence-corrected chi connectivity index (χ4v) is 1.80. The molecule has 5 heteroatoms. The SMILES string of the molecule is Cn1nccc1NC(=O)C(C)(C)c1ccc(N)cc1. The zero-order valence-electron chi connectivity index (χ0n) is 11.3. The highest BCUT2D eigenvalue weighted by atomic mass is 16.2. The van der Waals surface area contributed by atoms with Crippen LogP contribution in [0.2, 0.25) is 0 Å². The van der Waals surface area contributed by atoms with Gasteiger partial charge in [0.1, 0.15) is 5.82 Å². The molecule has 0 aliphatic carbocycles. The van der Waals surface area contributed by atoms with E-state index in [1.807, 2.05) is 26.0 Å². The molecule has 2 aromatic rings. The first kappa shape index (κ1) is 13.1. The Morgan fingerprint density at radius 1 is 1.26 bits per heavy atom. The maximum atomic E-state index is 12.4. The van der Waals surface area contributed by atoms with Crippen molar-refractivity contribution in [2.75, 3.05) is 11.1 Å². The predicted molar refractivity (Wildman–Crippen MR) is 75.7 cm³/mol. The lowest BCUT2D eigenvalue weighted by Crippen LogP contribution is -2.35.